The SMILES string of the molecule is C[B]c1ccc(S(=O)(=O)OC2C[C@@H](C(N)=O)N(C(=O)[C@@H](NC(=O)OC3CCCC3)C(C)(C)C)C2)cc1. The molecule has 2 aliphatic rings. The first-order valence-electron chi connectivity index (χ1n) is 12.2. The number of amides is 3. The van der Waals surface area contributed by atoms with E-state index in [2.05, 4.69) is 5.32 Å². The summed E-state index contributed by atoms with van der Waals surface area (Å²) in [6.07, 6.45) is 1.60. The molecular formula is C24H35BN3O7S. The van der Waals surface area contributed by atoms with Gasteiger partial charge in [-0.3, -0.25) is 13.8 Å². The molecule has 10 nitrogen and oxygen atoms in total. The Hall–Kier alpha value is -2.60. The van der Waals surface area contributed by atoms with E-state index >= 15 is 0 Å². The van der Waals surface area contributed by atoms with Crippen LogP contribution in [0.15, 0.2) is 29.2 Å². The molecule has 0 aromatic heterocycles. The van der Waals surface area contributed by atoms with E-state index in [1.807, 2.05) is 14.1 Å². The summed E-state index contributed by atoms with van der Waals surface area (Å²) in [6.45, 7) is 6.99. The lowest BCUT2D eigenvalue weighted by Crippen LogP contribution is -2.57. The fraction of sp³-hybridized carbons (Fsp3) is 0.625. The van der Waals surface area contributed by atoms with E-state index in [1.54, 1.807) is 32.9 Å². The number of nitrogens with two attached hydrogens (primary N) is 1. The lowest BCUT2D eigenvalue weighted by atomic mass is 9.74. The van der Waals surface area contributed by atoms with Crippen LogP contribution in [0.2, 0.25) is 6.82 Å². The highest BCUT2D eigenvalue weighted by atomic mass is 32.2. The maximum absolute atomic E-state index is 13.6. The first-order valence-corrected chi connectivity index (χ1v) is 13.6. The molecule has 2 fully saturated rings. The van der Waals surface area contributed by atoms with Crippen molar-refractivity contribution in [1.82, 2.24) is 10.2 Å². The molecule has 3 N–H and O–H groups in total. The Morgan fingerprint density at radius 3 is 2.25 bits per heavy atom. The van der Waals surface area contributed by atoms with Crippen molar-refractivity contribution in [2.75, 3.05) is 6.54 Å². The molecule has 0 spiro atoms. The van der Waals surface area contributed by atoms with Crippen LogP contribution in [0.3, 0.4) is 0 Å². The lowest BCUT2D eigenvalue weighted by molar-refractivity contribution is -0.141. The quantitative estimate of drug-likeness (QED) is 0.388. The number of nitrogens with zero attached hydrogens (tertiary/aromatic N) is 1. The second-order valence-corrected chi connectivity index (χ2v) is 12.0. The molecule has 0 bridgehead atoms. The molecule has 3 atom stereocenters. The number of likely N-dealkylation sites (tertiary alicyclic amines) is 1. The molecule has 197 valence electrons. The molecule has 1 aliphatic heterocycles. The molecule has 1 unspecified atom stereocenters. The highest BCUT2D eigenvalue weighted by molar-refractivity contribution is 7.86. The number of carbonyl (C=O) groups is 3. The summed E-state index contributed by atoms with van der Waals surface area (Å²) in [7, 11) is -2.31. The zero-order chi connectivity index (χ0) is 26.7. The summed E-state index contributed by atoms with van der Waals surface area (Å²) in [4.78, 5) is 39.5. The standard InChI is InChI=1S/C24H35BN3O7S/c1-24(2,3)20(27-23(31)34-16-7-5-6-8-16)22(30)28-14-17(13-19(28)21(26)29)35-36(32,33)18-11-9-15(25-4)10-12-18/h9-12,16-17,19-20H,5-8,13-14H2,1-4H3,(H2,26,29)(H,27,31)/t17?,19-,20+/m0/s1. The van der Waals surface area contributed by atoms with Gasteiger partial charge in [0.2, 0.25) is 11.8 Å². The van der Waals surface area contributed by atoms with E-state index in [0.717, 1.165) is 31.1 Å². The smallest absolute Gasteiger partial charge is 0.408 e. The fourth-order valence-corrected chi connectivity index (χ4v) is 5.64. The Labute approximate surface area is 213 Å². The highest BCUT2D eigenvalue weighted by Gasteiger charge is 2.46. The van der Waals surface area contributed by atoms with Crippen molar-refractivity contribution in [3.05, 3.63) is 24.3 Å². The molecule has 1 heterocycles. The Kier molecular flexibility index (Phi) is 8.71. The van der Waals surface area contributed by atoms with E-state index in [4.69, 9.17) is 14.7 Å². The number of primary amides is 1. The number of benzene rings is 1. The number of nitrogens with one attached hydrogen (secondary N) is 1. The fourth-order valence-electron chi connectivity index (χ4n) is 4.57. The van der Waals surface area contributed by atoms with E-state index in [1.165, 1.54) is 17.0 Å². The van der Waals surface area contributed by atoms with Gasteiger partial charge in [-0.2, -0.15) is 8.42 Å². The van der Waals surface area contributed by atoms with Crippen LogP contribution in [0.4, 0.5) is 4.79 Å². The number of ether oxygens (including phenoxy) is 1. The summed E-state index contributed by atoms with van der Waals surface area (Å²) in [5.74, 6) is -1.34. The maximum atomic E-state index is 13.6. The summed E-state index contributed by atoms with van der Waals surface area (Å²) < 4.78 is 36.5. The van der Waals surface area contributed by atoms with Crippen LogP contribution in [-0.4, -0.2) is 69.3 Å². The average Bonchev–Trinajstić information content (AvgIpc) is 3.46. The van der Waals surface area contributed by atoms with Gasteiger partial charge in [0, 0.05) is 13.0 Å². The minimum Gasteiger partial charge on any atom is -0.446 e. The number of hydrogen-bond acceptors (Lipinski definition) is 7. The van der Waals surface area contributed by atoms with E-state index < -0.39 is 51.6 Å². The molecule has 3 amide bonds. The molecule has 1 saturated heterocycles. The van der Waals surface area contributed by atoms with Crippen LogP contribution >= 0.6 is 0 Å². The third-order valence-electron chi connectivity index (χ3n) is 6.59. The van der Waals surface area contributed by atoms with E-state index in [-0.39, 0.29) is 24.0 Å². The molecular weight excluding hydrogens is 485 g/mol. The van der Waals surface area contributed by atoms with Crippen molar-refractivity contribution in [2.24, 2.45) is 11.1 Å². The Bertz CT molecular complexity index is 1070. The minimum absolute atomic E-state index is 0.0302. The average molecular weight is 520 g/mol. The van der Waals surface area contributed by atoms with Gasteiger partial charge in [0.05, 0.1) is 11.0 Å². The molecule has 1 aromatic rings. The zero-order valence-electron chi connectivity index (χ0n) is 21.2. The van der Waals surface area contributed by atoms with Crippen molar-refractivity contribution in [2.45, 2.75) is 88.9 Å². The third kappa shape index (κ3) is 6.79. The largest absolute Gasteiger partial charge is 0.446 e. The van der Waals surface area contributed by atoms with Gasteiger partial charge in [-0.25, -0.2) is 4.79 Å². The number of alkyl carbamates (subject to hydrolysis) is 1. The van der Waals surface area contributed by atoms with Gasteiger partial charge in [0.1, 0.15) is 25.5 Å². The zero-order valence-corrected chi connectivity index (χ0v) is 22.0. The second-order valence-electron chi connectivity index (χ2n) is 10.4. The molecule has 12 heteroatoms. The van der Waals surface area contributed by atoms with Crippen molar-refractivity contribution in [3.63, 3.8) is 0 Å². The molecule has 3 rings (SSSR count). The van der Waals surface area contributed by atoms with Gasteiger partial charge in [0.15, 0.2) is 0 Å². The minimum atomic E-state index is -4.14. The molecule has 1 radical (unpaired) electrons. The van der Waals surface area contributed by atoms with Crippen molar-refractivity contribution in [1.29, 1.82) is 0 Å². The summed E-state index contributed by atoms with van der Waals surface area (Å²) in [5, 5.41) is 2.65. The van der Waals surface area contributed by atoms with Gasteiger partial charge >= 0.3 is 6.09 Å². The van der Waals surface area contributed by atoms with Gasteiger partial charge in [-0.15, -0.1) is 0 Å². The van der Waals surface area contributed by atoms with Gasteiger partial charge in [-0.1, -0.05) is 45.2 Å². The van der Waals surface area contributed by atoms with Crippen molar-refractivity contribution >= 4 is 40.8 Å². The van der Waals surface area contributed by atoms with E-state index in [0.29, 0.717) is 0 Å². The lowest BCUT2D eigenvalue weighted by Gasteiger charge is -2.35. The molecule has 36 heavy (non-hydrogen) atoms. The number of carbonyl (C=O) groups excluding carboxylic acids is 3. The van der Waals surface area contributed by atoms with Crippen LogP contribution in [0.5, 0.6) is 0 Å². The monoisotopic (exact) mass is 520 g/mol. The van der Waals surface area contributed by atoms with Crippen LogP contribution < -0.4 is 16.5 Å². The first-order chi connectivity index (χ1) is 16.8. The predicted molar refractivity (Wildman–Crippen MR) is 134 cm³/mol. The molecule has 1 aliphatic carbocycles. The van der Waals surface area contributed by atoms with Crippen LogP contribution in [-0.2, 0) is 28.6 Å². The normalized spacial score (nSPS) is 21.7. The topological polar surface area (TPSA) is 145 Å². The second kappa shape index (κ2) is 11.2. The summed E-state index contributed by atoms with van der Waals surface area (Å²) in [5.41, 5.74) is 5.69. The Morgan fingerprint density at radius 2 is 1.72 bits per heavy atom. The van der Waals surface area contributed by atoms with E-state index in [9.17, 15) is 22.8 Å². The predicted octanol–water partition coefficient (Wildman–Crippen LogP) is 1.31. The number of hydrogen-bond donors (Lipinski definition) is 2. The maximum Gasteiger partial charge on any atom is 0.408 e. The summed E-state index contributed by atoms with van der Waals surface area (Å²) >= 11 is 0. The Balaban J connectivity index is 1.75. The van der Waals surface area contributed by atoms with Crippen LogP contribution in [0.1, 0.15) is 52.9 Å². The number of rotatable bonds is 8. The molecule has 1 aromatic carbocycles. The van der Waals surface area contributed by atoms with Crippen LogP contribution in [0.25, 0.3) is 0 Å². The Morgan fingerprint density at radius 1 is 1.11 bits per heavy atom. The highest BCUT2D eigenvalue weighted by Crippen LogP contribution is 2.29. The molecule has 1 saturated carbocycles. The van der Waals surface area contributed by atoms with Crippen LogP contribution in [0, 0.1) is 5.41 Å². The van der Waals surface area contributed by atoms with Gasteiger partial charge in [0.25, 0.3) is 10.1 Å². The first kappa shape index (κ1) is 28.0. The van der Waals surface area contributed by atoms with Crippen molar-refractivity contribution < 1.29 is 31.7 Å². The third-order valence-corrected chi connectivity index (χ3v) is 7.97. The van der Waals surface area contributed by atoms with Gasteiger partial charge < -0.3 is 20.7 Å². The van der Waals surface area contributed by atoms with Gasteiger partial charge in [-0.05, 0) is 43.2 Å². The van der Waals surface area contributed by atoms with Crippen molar-refractivity contribution in [3.8, 4) is 0 Å². The summed E-state index contributed by atoms with van der Waals surface area (Å²) in [6, 6.07) is 4.07.